The zero-order chi connectivity index (χ0) is 18.5. The van der Waals surface area contributed by atoms with Crippen LogP contribution in [0, 0.1) is 0 Å². The monoisotopic (exact) mass is 358 g/mol. The fourth-order valence-corrected chi connectivity index (χ4v) is 3.23. The molecule has 1 heterocycles. The highest BCUT2D eigenvalue weighted by Crippen LogP contribution is 2.09. The molecule has 0 saturated heterocycles. The van der Waals surface area contributed by atoms with E-state index in [1.165, 1.54) is 95.5 Å². The van der Waals surface area contributed by atoms with Crippen LogP contribution in [-0.2, 0) is 6.54 Å². The van der Waals surface area contributed by atoms with Crippen molar-refractivity contribution in [2.75, 3.05) is 6.54 Å². The Labute approximate surface area is 162 Å². The van der Waals surface area contributed by atoms with Crippen molar-refractivity contribution in [3.8, 4) is 0 Å². The van der Waals surface area contributed by atoms with E-state index in [2.05, 4.69) is 41.5 Å². The van der Waals surface area contributed by atoms with Crippen molar-refractivity contribution in [1.82, 2.24) is 10.3 Å². The van der Waals surface area contributed by atoms with E-state index >= 15 is 0 Å². The summed E-state index contributed by atoms with van der Waals surface area (Å²) in [7, 11) is 0. The molecule has 0 aromatic carbocycles. The van der Waals surface area contributed by atoms with Crippen LogP contribution in [0.5, 0.6) is 0 Å². The van der Waals surface area contributed by atoms with Gasteiger partial charge in [0.05, 0.1) is 0 Å². The molecule has 26 heavy (non-hydrogen) atoms. The van der Waals surface area contributed by atoms with Gasteiger partial charge in [0, 0.05) is 18.9 Å². The molecule has 0 aliphatic heterocycles. The van der Waals surface area contributed by atoms with Crippen LogP contribution in [0.1, 0.15) is 102 Å². The zero-order valence-corrected chi connectivity index (χ0v) is 17.2. The molecular formula is C24H42N2. The van der Waals surface area contributed by atoms with Crippen molar-refractivity contribution in [1.29, 1.82) is 0 Å². The molecule has 1 aromatic heterocycles. The van der Waals surface area contributed by atoms with Gasteiger partial charge < -0.3 is 5.32 Å². The molecule has 0 saturated carbocycles. The maximum Gasteiger partial charge on any atom is 0.0271 e. The maximum absolute atomic E-state index is 4.04. The first kappa shape index (κ1) is 22.9. The number of allylic oxidation sites excluding steroid dienone is 2. The maximum atomic E-state index is 4.04. The average Bonchev–Trinajstić information content (AvgIpc) is 2.68. The predicted molar refractivity (Wildman–Crippen MR) is 115 cm³/mol. The summed E-state index contributed by atoms with van der Waals surface area (Å²) in [6.07, 6.45) is 27.8. The van der Waals surface area contributed by atoms with Crippen molar-refractivity contribution in [2.24, 2.45) is 0 Å². The van der Waals surface area contributed by atoms with Gasteiger partial charge in [-0.3, -0.25) is 4.98 Å². The largest absolute Gasteiger partial charge is 0.313 e. The average molecular weight is 359 g/mol. The van der Waals surface area contributed by atoms with E-state index in [1.54, 1.807) is 0 Å². The van der Waals surface area contributed by atoms with E-state index in [1.807, 2.05) is 12.4 Å². The molecule has 0 bridgehead atoms. The second-order valence-electron chi connectivity index (χ2n) is 7.47. The summed E-state index contributed by atoms with van der Waals surface area (Å²) in [5.41, 5.74) is 1.32. The summed E-state index contributed by atoms with van der Waals surface area (Å²) in [5, 5.41) is 3.51. The second-order valence-corrected chi connectivity index (χ2v) is 7.47. The third kappa shape index (κ3) is 15.1. The Hall–Kier alpha value is -1.15. The number of nitrogens with zero attached hydrogens (tertiary/aromatic N) is 1. The third-order valence-corrected chi connectivity index (χ3v) is 4.94. The van der Waals surface area contributed by atoms with Gasteiger partial charge in [-0.1, -0.05) is 76.9 Å². The van der Waals surface area contributed by atoms with Gasteiger partial charge in [0.25, 0.3) is 0 Å². The molecule has 2 nitrogen and oxygen atoms in total. The zero-order valence-electron chi connectivity index (χ0n) is 17.2. The van der Waals surface area contributed by atoms with Crippen molar-refractivity contribution >= 4 is 0 Å². The van der Waals surface area contributed by atoms with Gasteiger partial charge in [-0.25, -0.2) is 0 Å². The van der Waals surface area contributed by atoms with Crippen LogP contribution in [0.15, 0.2) is 36.7 Å². The minimum atomic E-state index is 0.966. The van der Waals surface area contributed by atoms with Gasteiger partial charge >= 0.3 is 0 Å². The fourth-order valence-electron chi connectivity index (χ4n) is 3.23. The van der Waals surface area contributed by atoms with E-state index in [-0.39, 0.29) is 0 Å². The molecule has 0 amide bonds. The number of nitrogens with one attached hydrogen (secondary N) is 1. The van der Waals surface area contributed by atoms with Gasteiger partial charge in [-0.2, -0.15) is 0 Å². The molecule has 0 spiro atoms. The number of hydrogen-bond donors (Lipinski definition) is 1. The standard InChI is InChI=1S/C24H42N2/c1-2-3-4-5-6-7-8-9-10-11-12-13-14-15-16-17-20-26-23-24-18-21-25-22-19-24/h9-10,18-19,21-22,26H,2-8,11-17,20,23H2,1H3. The second kappa shape index (κ2) is 18.6. The lowest BCUT2D eigenvalue weighted by Gasteiger charge is -2.04. The highest BCUT2D eigenvalue weighted by molar-refractivity contribution is 5.08. The van der Waals surface area contributed by atoms with Crippen LogP contribution in [-0.4, -0.2) is 11.5 Å². The predicted octanol–water partition coefficient (Wildman–Crippen LogP) is 7.21. The van der Waals surface area contributed by atoms with Crippen LogP contribution < -0.4 is 5.32 Å². The lowest BCUT2D eigenvalue weighted by atomic mass is 10.1. The topological polar surface area (TPSA) is 24.9 Å². The lowest BCUT2D eigenvalue weighted by Crippen LogP contribution is -2.14. The third-order valence-electron chi connectivity index (χ3n) is 4.94. The van der Waals surface area contributed by atoms with Gasteiger partial charge in [-0.15, -0.1) is 0 Å². The first-order chi connectivity index (χ1) is 12.9. The molecule has 1 N–H and O–H groups in total. The molecule has 1 aromatic rings. The van der Waals surface area contributed by atoms with E-state index < -0.39 is 0 Å². The van der Waals surface area contributed by atoms with Gasteiger partial charge in [-0.05, 0) is 56.3 Å². The Morgan fingerprint density at radius 3 is 1.88 bits per heavy atom. The Bertz CT molecular complexity index is 413. The number of unbranched alkanes of at least 4 members (excludes halogenated alkanes) is 12. The molecule has 0 radical (unpaired) electrons. The van der Waals surface area contributed by atoms with E-state index in [0.717, 1.165) is 13.1 Å². The summed E-state index contributed by atoms with van der Waals surface area (Å²) in [6.45, 7) is 4.38. The normalized spacial score (nSPS) is 11.4. The van der Waals surface area contributed by atoms with Gasteiger partial charge in [0.1, 0.15) is 0 Å². The highest BCUT2D eigenvalue weighted by Gasteiger charge is 1.93. The SMILES string of the molecule is CCCCCCCCC=CCCCCCCCCNCc1ccncc1. The van der Waals surface area contributed by atoms with Crippen LogP contribution in [0.3, 0.4) is 0 Å². The number of rotatable bonds is 18. The van der Waals surface area contributed by atoms with E-state index in [4.69, 9.17) is 0 Å². The number of aromatic nitrogens is 1. The minimum Gasteiger partial charge on any atom is -0.313 e. The van der Waals surface area contributed by atoms with Crippen molar-refractivity contribution in [3.05, 3.63) is 42.2 Å². The summed E-state index contributed by atoms with van der Waals surface area (Å²) in [4.78, 5) is 4.04. The minimum absolute atomic E-state index is 0.966. The smallest absolute Gasteiger partial charge is 0.0271 e. The Kier molecular flexibility index (Phi) is 16.4. The van der Waals surface area contributed by atoms with E-state index in [0.29, 0.717) is 0 Å². The number of pyridine rings is 1. The Balaban J connectivity index is 1.73. The number of hydrogen-bond acceptors (Lipinski definition) is 2. The van der Waals surface area contributed by atoms with Gasteiger partial charge in [0.15, 0.2) is 0 Å². The van der Waals surface area contributed by atoms with Crippen LogP contribution in [0.25, 0.3) is 0 Å². The van der Waals surface area contributed by atoms with Crippen molar-refractivity contribution < 1.29 is 0 Å². The van der Waals surface area contributed by atoms with Gasteiger partial charge in [0.2, 0.25) is 0 Å². The molecule has 0 aliphatic carbocycles. The molecular weight excluding hydrogens is 316 g/mol. The molecule has 2 heteroatoms. The van der Waals surface area contributed by atoms with Crippen LogP contribution in [0.2, 0.25) is 0 Å². The Morgan fingerprint density at radius 2 is 1.27 bits per heavy atom. The van der Waals surface area contributed by atoms with Crippen LogP contribution in [0.4, 0.5) is 0 Å². The quantitative estimate of drug-likeness (QED) is 0.221. The highest BCUT2D eigenvalue weighted by atomic mass is 14.8. The van der Waals surface area contributed by atoms with Crippen molar-refractivity contribution in [3.63, 3.8) is 0 Å². The van der Waals surface area contributed by atoms with Crippen molar-refractivity contribution in [2.45, 2.75) is 103 Å². The van der Waals surface area contributed by atoms with E-state index in [9.17, 15) is 0 Å². The summed E-state index contributed by atoms with van der Waals surface area (Å²) >= 11 is 0. The van der Waals surface area contributed by atoms with Crippen LogP contribution >= 0.6 is 0 Å². The lowest BCUT2D eigenvalue weighted by molar-refractivity contribution is 0.566. The fraction of sp³-hybridized carbons (Fsp3) is 0.708. The molecule has 148 valence electrons. The first-order valence-electron chi connectivity index (χ1n) is 11.2. The molecule has 0 aliphatic rings. The molecule has 1 rings (SSSR count). The first-order valence-corrected chi connectivity index (χ1v) is 11.2. The summed E-state index contributed by atoms with van der Waals surface area (Å²) in [6, 6.07) is 4.16. The molecule has 0 atom stereocenters. The summed E-state index contributed by atoms with van der Waals surface area (Å²) in [5.74, 6) is 0. The Morgan fingerprint density at radius 1 is 0.731 bits per heavy atom. The summed E-state index contributed by atoms with van der Waals surface area (Å²) < 4.78 is 0. The molecule has 0 unspecified atom stereocenters. The molecule has 0 fully saturated rings.